The van der Waals surface area contributed by atoms with Gasteiger partial charge in [-0.3, -0.25) is 0 Å². The molecule has 0 saturated carbocycles. The first-order valence-corrected chi connectivity index (χ1v) is 5.38. The second kappa shape index (κ2) is 6.59. The average molecular weight is 216 g/mol. The summed E-state index contributed by atoms with van der Waals surface area (Å²) in [5, 5.41) is 0. The smallest absolute Gasteiger partial charge is 0.330 e. The molecule has 0 unspecified atom stereocenters. The minimum absolute atomic E-state index is 0.311. The Labute approximate surface area is 91.5 Å². The topological polar surface area (TPSA) is 26.3 Å². The van der Waals surface area contributed by atoms with Crippen molar-refractivity contribution in [2.75, 3.05) is 6.61 Å². The lowest BCUT2D eigenvalue weighted by atomic mass is 10.0. The summed E-state index contributed by atoms with van der Waals surface area (Å²) < 4.78 is 17.9. The fourth-order valence-electron chi connectivity index (χ4n) is 1.24. The molecule has 15 heavy (non-hydrogen) atoms. The number of esters is 1. The van der Waals surface area contributed by atoms with Gasteiger partial charge in [-0.25, -0.2) is 9.18 Å². The number of halogens is 1. The number of rotatable bonds is 6. The van der Waals surface area contributed by atoms with Crippen molar-refractivity contribution >= 4 is 5.97 Å². The van der Waals surface area contributed by atoms with Gasteiger partial charge in [0.15, 0.2) is 0 Å². The monoisotopic (exact) mass is 216 g/mol. The van der Waals surface area contributed by atoms with E-state index in [0.29, 0.717) is 13.0 Å². The summed E-state index contributed by atoms with van der Waals surface area (Å²) in [5.41, 5.74) is -0.179. The molecular weight excluding hydrogens is 195 g/mol. The fourth-order valence-corrected chi connectivity index (χ4v) is 1.24. The van der Waals surface area contributed by atoms with E-state index < -0.39 is 5.67 Å². The van der Waals surface area contributed by atoms with Crippen molar-refractivity contribution in [2.45, 2.75) is 52.6 Å². The van der Waals surface area contributed by atoms with Gasteiger partial charge in [-0.2, -0.15) is 0 Å². The Morgan fingerprint density at radius 2 is 2.07 bits per heavy atom. The van der Waals surface area contributed by atoms with Crippen molar-refractivity contribution in [1.82, 2.24) is 0 Å². The van der Waals surface area contributed by atoms with E-state index in [-0.39, 0.29) is 5.97 Å². The lowest BCUT2D eigenvalue weighted by Gasteiger charge is -2.13. The van der Waals surface area contributed by atoms with Crippen molar-refractivity contribution in [2.24, 2.45) is 0 Å². The summed E-state index contributed by atoms with van der Waals surface area (Å²) in [7, 11) is 0. The molecule has 88 valence electrons. The molecule has 3 heteroatoms. The van der Waals surface area contributed by atoms with Crippen LogP contribution in [0, 0.1) is 0 Å². The predicted octanol–water partition coefficient (Wildman–Crippen LogP) is 3.41. The number of hydrogen-bond donors (Lipinski definition) is 0. The van der Waals surface area contributed by atoms with E-state index in [2.05, 4.69) is 0 Å². The number of carbonyl (C=O) groups excluding carboxylic acids is 1. The van der Waals surface area contributed by atoms with Gasteiger partial charge in [-0.05, 0) is 47.0 Å². The number of carbonyl (C=O) groups is 1. The molecule has 0 saturated heterocycles. The third-order valence-corrected chi connectivity index (χ3v) is 1.99. The van der Waals surface area contributed by atoms with Crippen molar-refractivity contribution in [1.29, 1.82) is 0 Å². The Morgan fingerprint density at radius 3 is 2.53 bits per heavy atom. The number of allylic oxidation sites excluding steroid dienone is 1. The van der Waals surface area contributed by atoms with Gasteiger partial charge < -0.3 is 4.74 Å². The first kappa shape index (κ1) is 14.1. The van der Waals surface area contributed by atoms with Crippen LogP contribution in [0.5, 0.6) is 0 Å². The van der Waals surface area contributed by atoms with Crippen molar-refractivity contribution in [3.8, 4) is 0 Å². The minimum Gasteiger partial charge on any atom is -0.463 e. The zero-order chi connectivity index (χ0) is 11.9. The molecule has 0 aliphatic heterocycles. The van der Waals surface area contributed by atoms with Crippen molar-refractivity contribution < 1.29 is 13.9 Å². The lowest BCUT2D eigenvalue weighted by molar-refractivity contribution is -0.137. The van der Waals surface area contributed by atoms with Gasteiger partial charge in [0.25, 0.3) is 0 Å². The largest absolute Gasteiger partial charge is 0.463 e. The highest BCUT2D eigenvalue weighted by Crippen LogP contribution is 2.19. The summed E-state index contributed by atoms with van der Waals surface area (Å²) in [6.45, 7) is 7.16. The SMILES string of the molecule is CCOC(=O)/C=C(/C)CCCC(C)(C)F. The molecule has 0 heterocycles. The van der Waals surface area contributed by atoms with E-state index in [1.807, 2.05) is 6.92 Å². The zero-order valence-electron chi connectivity index (χ0n) is 10.1. The van der Waals surface area contributed by atoms with E-state index >= 15 is 0 Å². The summed E-state index contributed by atoms with van der Waals surface area (Å²) in [4.78, 5) is 11.0. The van der Waals surface area contributed by atoms with Gasteiger partial charge in [0, 0.05) is 6.08 Å². The summed E-state index contributed by atoms with van der Waals surface area (Å²) >= 11 is 0. The van der Waals surface area contributed by atoms with E-state index in [1.165, 1.54) is 6.08 Å². The third kappa shape index (κ3) is 9.44. The molecule has 0 atom stereocenters. The molecule has 0 aliphatic carbocycles. The van der Waals surface area contributed by atoms with E-state index in [4.69, 9.17) is 4.74 Å². The third-order valence-electron chi connectivity index (χ3n) is 1.99. The van der Waals surface area contributed by atoms with Crippen LogP contribution >= 0.6 is 0 Å². The van der Waals surface area contributed by atoms with Gasteiger partial charge in [-0.15, -0.1) is 0 Å². The Morgan fingerprint density at radius 1 is 1.47 bits per heavy atom. The van der Waals surface area contributed by atoms with Crippen LogP contribution in [-0.4, -0.2) is 18.2 Å². The molecule has 0 aromatic carbocycles. The van der Waals surface area contributed by atoms with Crippen LogP contribution in [0.3, 0.4) is 0 Å². The van der Waals surface area contributed by atoms with Crippen LogP contribution in [-0.2, 0) is 9.53 Å². The van der Waals surface area contributed by atoms with Gasteiger partial charge >= 0.3 is 5.97 Å². The van der Waals surface area contributed by atoms with Gasteiger partial charge in [0.05, 0.1) is 6.61 Å². The van der Waals surface area contributed by atoms with Crippen LogP contribution in [0.15, 0.2) is 11.6 Å². The van der Waals surface area contributed by atoms with Crippen LogP contribution < -0.4 is 0 Å². The van der Waals surface area contributed by atoms with E-state index in [1.54, 1.807) is 20.8 Å². The molecule has 0 rings (SSSR count). The zero-order valence-corrected chi connectivity index (χ0v) is 10.1. The molecule has 0 amide bonds. The maximum absolute atomic E-state index is 13.1. The Hall–Kier alpha value is -0.860. The number of alkyl halides is 1. The normalized spacial score (nSPS) is 12.7. The molecule has 0 spiro atoms. The predicted molar refractivity (Wildman–Crippen MR) is 59.4 cm³/mol. The maximum Gasteiger partial charge on any atom is 0.330 e. The standard InChI is InChI=1S/C12H21FO2/c1-5-15-11(14)9-10(2)7-6-8-12(3,4)13/h9H,5-8H2,1-4H3/b10-9-. The summed E-state index contributed by atoms with van der Waals surface area (Å²) in [6.07, 6.45) is 3.49. The highest BCUT2D eigenvalue weighted by atomic mass is 19.1. The van der Waals surface area contributed by atoms with E-state index in [0.717, 1.165) is 18.4 Å². The van der Waals surface area contributed by atoms with Gasteiger partial charge in [0.1, 0.15) is 5.67 Å². The first-order chi connectivity index (χ1) is 6.85. The molecule has 0 aromatic rings. The van der Waals surface area contributed by atoms with Gasteiger partial charge in [0.2, 0.25) is 0 Å². The highest BCUT2D eigenvalue weighted by molar-refractivity contribution is 5.82. The Kier molecular flexibility index (Phi) is 6.21. The van der Waals surface area contributed by atoms with E-state index in [9.17, 15) is 9.18 Å². The summed E-state index contributed by atoms with van der Waals surface area (Å²) in [5.74, 6) is -0.311. The lowest BCUT2D eigenvalue weighted by Crippen LogP contribution is -2.11. The fraction of sp³-hybridized carbons (Fsp3) is 0.750. The van der Waals surface area contributed by atoms with Crippen molar-refractivity contribution in [3.63, 3.8) is 0 Å². The minimum atomic E-state index is -1.12. The Balaban J connectivity index is 3.83. The number of hydrogen-bond acceptors (Lipinski definition) is 2. The molecule has 2 nitrogen and oxygen atoms in total. The molecule has 0 aliphatic rings. The molecule has 0 aromatic heterocycles. The summed E-state index contributed by atoms with van der Waals surface area (Å²) in [6, 6.07) is 0. The van der Waals surface area contributed by atoms with Crippen LogP contribution in [0.1, 0.15) is 47.0 Å². The molecule has 0 N–H and O–H groups in total. The molecular formula is C12H21FO2. The second-order valence-corrected chi connectivity index (χ2v) is 4.31. The van der Waals surface area contributed by atoms with Crippen LogP contribution in [0.25, 0.3) is 0 Å². The quantitative estimate of drug-likeness (QED) is 0.502. The average Bonchev–Trinajstić information content (AvgIpc) is 2.01. The molecule has 0 bridgehead atoms. The number of ether oxygens (including phenoxy) is 1. The second-order valence-electron chi connectivity index (χ2n) is 4.31. The van der Waals surface area contributed by atoms with Gasteiger partial charge in [-0.1, -0.05) is 5.57 Å². The van der Waals surface area contributed by atoms with Crippen LogP contribution in [0.4, 0.5) is 4.39 Å². The van der Waals surface area contributed by atoms with Crippen LogP contribution in [0.2, 0.25) is 0 Å². The highest BCUT2D eigenvalue weighted by Gasteiger charge is 2.14. The molecule has 0 fully saturated rings. The molecule has 0 radical (unpaired) electrons. The maximum atomic E-state index is 13.1. The first-order valence-electron chi connectivity index (χ1n) is 5.38. The van der Waals surface area contributed by atoms with Crippen molar-refractivity contribution in [3.05, 3.63) is 11.6 Å². The Bertz CT molecular complexity index is 226.